The summed E-state index contributed by atoms with van der Waals surface area (Å²) in [5.41, 5.74) is -0.108. The van der Waals surface area contributed by atoms with Crippen molar-refractivity contribution < 1.29 is 14.0 Å². The fraction of sp³-hybridized carbons (Fsp3) is 0.500. The van der Waals surface area contributed by atoms with Gasteiger partial charge in [0.15, 0.2) is 0 Å². The van der Waals surface area contributed by atoms with E-state index in [0.717, 1.165) is 19.3 Å². The van der Waals surface area contributed by atoms with Crippen molar-refractivity contribution in [3.63, 3.8) is 0 Å². The molecule has 1 N–H and O–H groups in total. The summed E-state index contributed by atoms with van der Waals surface area (Å²) in [4.78, 5) is 26.6. The van der Waals surface area contributed by atoms with Crippen molar-refractivity contribution in [2.45, 2.75) is 44.1 Å². The Hall–Kier alpha value is -1.91. The molecule has 0 bridgehead atoms. The van der Waals surface area contributed by atoms with Gasteiger partial charge in [0, 0.05) is 18.7 Å². The van der Waals surface area contributed by atoms with Crippen molar-refractivity contribution in [3.8, 4) is 0 Å². The third-order valence-corrected chi connectivity index (χ3v) is 4.44. The monoisotopic (exact) mass is 290 g/mol. The van der Waals surface area contributed by atoms with Crippen LogP contribution in [0.5, 0.6) is 0 Å². The summed E-state index contributed by atoms with van der Waals surface area (Å²) >= 11 is 0. The molecule has 1 heterocycles. The molecule has 4 nitrogen and oxygen atoms in total. The molecule has 1 spiro atoms. The number of hydrogen-bond acceptors (Lipinski definition) is 2. The Morgan fingerprint density at radius 1 is 1.05 bits per heavy atom. The number of carbonyl (C=O) groups is 2. The van der Waals surface area contributed by atoms with E-state index in [1.54, 1.807) is 17.0 Å². The summed E-state index contributed by atoms with van der Waals surface area (Å²) in [7, 11) is 0. The number of amides is 2. The second kappa shape index (κ2) is 5.47. The molecule has 1 aliphatic heterocycles. The van der Waals surface area contributed by atoms with Crippen molar-refractivity contribution in [1.82, 2.24) is 5.32 Å². The van der Waals surface area contributed by atoms with Gasteiger partial charge in [-0.2, -0.15) is 0 Å². The fourth-order valence-corrected chi connectivity index (χ4v) is 3.32. The Balaban J connectivity index is 1.94. The van der Waals surface area contributed by atoms with E-state index in [1.807, 2.05) is 0 Å². The normalized spacial score (nSPS) is 22.0. The van der Waals surface area contributed by atoms with Gasteiger partial charge in [-0.3, -0.25) is 9.59 Å². The number of carbonyl (C=O) groups excluding carboxylic acids is 2. The van der Waals surface area contributed by atoms with Gasteiger partial charge in [0.25, 0.3) is 5.91 Å². The Kier molecular flexibility index (Phi) is 3.66. The molecule has 1 saturated heterocycles. The lowest BCUT2D eigenvalue weighted by Gasteiger charge is -2.38. The molecular formula is C16H19FN2O2. The maximum absolute atomic E-state index is 13.1. The van der Waals surface area contributed by atoms with E-state index in [9.17, 15) is 14.0 Å². The lowest BCUT2D eigenvalue weighted by Crippen LogP contribution is -2.58. The zero-order valence-corrected chi connectivity index (χ0v) is 11.9. The number of hydrogen-bond donors (Lipinski definition) is 1. The summed E-state index contributed by atoms with van der Waals surface area (Å²) in [5, 5.41) is 2.95. The SMILES string of the molecule is O=C1CCN(c2ccc(F)cc2)C(=O)C2(CCCCC2)N1. The molecular weight excluding hydrogens is 271 g/mol. The van der Waals surface area contributed by atoms with Crippen molar-refractivity contribution in [3.05, 3.63) is 30.1 Å². The van der Waals surface area contributed by atoms with Crippen molar-refractivity contribution >= 4 is 17.5 Å². The van der Waals surface area contributed by atoms with Gasteiger partial charge in [0.1, 0.15) is 11.4 Å². The molecule has 21 heavy (non-hydrogen) atoms. The lowest BCUT2D eigenvalue weighted by molar-refractivity contribution is -0.131. The Morgan fingerprint density at radius 3 is 2.38 bits per heavy atom. The average molecular weight is 290 g/mol. The average Bonchev–Trinajstić information content (AvgIpc) is 2.60. The molecule has 0 radical (unpaired) electrons. The molecule has 1 saturated carbocycles. The smallest absolute Gasteiger partial charge is 0.252 e. The number of anilines is 1. The first-order valence-electron chi connectivity index (χ1n) is 7.49. The molecule has 1 aromatic carbocycles. The van der Waals surface area contributed by atoms with E-state index >= 15 is 0 Å². The molecule has 0 aromatic heterocycles. The minimum Gasteiger partial charge on any atom is -0.342 e. The van der Waals surface area contributed by atoms with Gasteiger partial charge in [-0.1, -0.05) is 19.3 Å². The van der Waals surface area contributed by atoms with E-state index in [-0.39, 0.29) is 24.1 Å². The van der Waals surface area contributed by atoms with E-state index in [0.29, 0.717) is 25.1 Å². The second-order valence-electron chi connectivity index (χ2n) is 5.87. The molecule has 2 amide bonds. The molecule has 112 valence electrons. The predicted molar refractivity (Wildman–Crippen MR) is 77.3 cm³/mol. The van der Waals surface area contributed by atoms with Gasteiger partial charge in [-0.05, 0) is 37.1 Å². The van der Waals surface area contributed by atoms with E-state index < -0.39 is 5.54 Å². The van der Waals surface area contributed by atoms with Crippen LogP contribution in [0.25, 0.3) is 0 Å². The first-order valence-corrected chi connectivity index (χ1v) is 7.49. The molecule has 3 rings (SSSR count). The number of benzene rings is 1. The summed E-state index contributed by atoms with van der Waals surface area (Å²) in [6.07, 6.45) is 4.66. The van der Waals surface area contributed by atoms with Crippen LogP contribution in [0, 0.1) is 5.82 Å². The van der Waals surface area contributed by atoms with E-state index in [1.165, 1.54) is 12.1 Å². The standard InChI is InChI=1S/C16H19FN2O2/c17-12-4-6-13(7-5-12)19-11-8-14(20)18-16(15(19)21)9-2-1-3-10-16/h4-7H,1-3,8-11H2,(H,18,20). The highest BCUT2D eigenvalue weighted by Crippen LogP contribution is 2.33. The third kappa shape index (κ3) is 2.64. The third-order valence-electron chi connectivity index (χ3n) is 4.44. The van der Waals surface area contributed by atoms with Crippen molar-refractivity contribution in [2.75, 3.05) is 11.4 Å². The summed E-state index contributed by atoms with van der Waals surface area (Å²) in [5.74, 6) is -0.461. The number of nitrogens with one attached hydrogen (secondary N) is 1. The number of rotatable bonds is 1. The highest BCUT2D eigenvalue weighted by molar-refractivity contribution is 6.04. The van der Waals surface area contributed by atoms with Gasteiger partial charge in [-0.25, -0.2) is 4.39 Å². The summed E-state index contributed by atoms with van der Waals surface area (Å²) in [6.45, 7) is 0.345. The number of nitrogens with zero attached hydrogens (tertiary/aromatic N) is 1. The van der Waals surface area contributed by atoms with Crippen LogP contribution < -0.4 is 10.2 Å². The molecule has 0 unspecified atom stereocenters. The van der Waals surface area contributed by atoms with Crippen LogP contribution in [0.15, 0.2) is 24.3 Å². The summed E-state index contributed by atoms with van der Waals surface area (Å²) < 4.78 is 13.1. The predicted octanol–water partition coefficient (Wildman–Crippen LogP) is 2.38. The van der Waals surface area contributed by atoms with Crippen LogP contribution in [0.2, 0.25) is 0 Å². The van der Waals surface area contributed by atoms with Gasteiger partial charge >= 0.3 is 0 Å². The molecule has 1 aliphatic carbocycles. The lowest BCUT2D eigenvalue weighted by atomic mass is 9.80. The first kappa shape index (κ1) is 14.0. The minimum atomic E-state index is -0.764. The Bertz CT molecular complexity index is 550. The maximum atomic E-state index is 13.1. The minimum absolute atomic E-state index is 0.0559. The molecule has 2 fully saturated rings. The summed E-state index contributed by atoms with van der Waals surface area (Å²) in [6, 6.07) is 5.88. The fourth-order valence-electron chi connectivity index (χ4n) is 3.32. The van der Waals surface area contributed by atoms with Crippen LogP contribution >= 0.6 is 0 Å². The van der Waals surface area contributed by atoms with Gasteiger partial charge in [0.05, 0.1) is 0 Å². The largest absolute Gasteiger partial charge is 0.342 e. The van der Waals surface area contributed by atoms with Gasteiger partial charge in [0.2, 0.25) is 5.91 Å². The molecule has 5 heteroatoms. The van der Waals surface area contributed by atoms with Crippen LogP contribution in [0.3, 0.4) is 0 Å². The topological polar surface area (TPSA) is 49.4 Å². The maximum Gasteiger partial charge on any atom is 0.252 e. The van der Waals surface area contributed by atoms with Crippen LogP contribution in [0.4, 0.5) is 10.1 Å². The van der Waals surface area contributed by atoms with Crippen LogP contribution in [-0.2, 0) is 9.59 Å². The Labute approximate surface area is 123 Å². The van der Waals surface area contributed by atoms with E-state index in [2.05, 4.69) is 5.32 Å². The highest BCUT2D eigenvalue weighted by atomic mass is 19.1. The van der Waals surface area contributed by atoms with Crippen LogP contribution in [-0.4, -0.2) is 23.9 Å². The molecule has 2 aliphatic rings. The van der Waals surface area contributed by atoms with Gasteiger partial charge < -0.3 is 10.2 Å². The zero-order valence-electron chi connectivity index (χ0n) is 11.9. The Morgan fingerprint density at radius 2 is 1.71 bits per heavy atom. The highest BCUT2D eigenvalue weighted by Gasteiger charge is 2.45. The molecule has 0 atom stereocenters. The number of halogens is 1. The molecule has 1 aromatic rings. The van der Waals surface area contributed by atoms with Gasteiger partial charge in [-0.15, -0.1) is 0 Å². The zero-order chi connectivity index (χ0) is 14.9. The van der Waals surface area contributed by atoms with E-state index in [4.69, 9.17) is 0 Å². The second-order valence-corrected chi connectivity index (χ2v) is 5.87. The van der Waals surface area contributed by atoms with Crippen molar-refractivity contribution in [2.24, 2.45) is 0 Å². The van der Waals surface area contributed by atoms with Crippen LogP contribution in [0.1, 0.15) is 38.5 Å². The van der Waals surface area contributed by atoms with Crippen molar-refractivity contribution in [1.29, 1.82) is 0 Å². The first-order chi connectivity index (χ1) is 10.1. The quantitative estimate of drug-likeness (QED) is 0.863.